The predicted molar refractivity (Wildman–Crippen MR) is 107 cm³/mol. The number of β-amino-alcohol motifs (C(OH)–C–C–N with tert-alkyl or cyclic N) is 1. The fourth-order valence-electron chi connectivity index (χ4n) is 3.14. The topological polar surface area (TPSA) is 149 Å². The zero-order valence-electron chi connectivity index (χ0n) is 15.1. The number of rotatable bonds is 5. The maximum atomic E-state index is 13.1. The number of pyridine rings is 1. The molecule has 2 atom stereocenters. The molecular formula is C17H15Cl2N3O6S2. The summed E-state index contributed by atoms with van der Waals surface area (Å²) in [6.45, 7) is -2.32. The number of aliphatic hydroxyl groups excluding tert-OH is 1. The molecule has 0 aliphatic carbocycles. The fraction of sp³-hybridized carbons (Fsp3) is 0.294. The van der Waals surface area contributed by atoms with E-state index < -0.39 is 55.4 Å². The Morgan fingerprint density at radius 1 is 1.23 bits per heavy atom. The first-order chi connectivity index (χ1) is 14.0. The van der Waals surface area contributed by atoms with E-state index in [-0.39, 0.29) is 20.5 Å². The number of aromatic nitrogens is 1. The lowest BCUT2D eigenvalue weighted by Gasteiger charge is -2.26. The Balaban J connectivity index is 2.02. The monoisotopic (exact) mass is 491 g/mol. The zero-order valence-corrected chi connectivity index (χ0v) is 18.2. The van der Waals surface area contributed by atoms with Gasteiger partial charge in [0.1, 0.15) is 15.7 Å². The molecule has 0 bridgehead atoms. The van der Waals surface area contributed by atoms with Crippen LogP contribution in [0.4, 0.5) is 0 Å². The summed E-state index contributed by atoms with van der Waals surface area (Å²) in [6.07, 6.45) is 1.10. The largest absolute Gasteiger partial charge is 0.393 e. The van der Waals surface area contributed by atoms with E-state index in [1.807, 2.05) is 6.07 Å². The molecule has 0 spiro atoms. The summed E-state index contributed by atoms with van der Waals surface area (Å²) in [4.78, 5) is 3.39. The highest BCUT2D eigenvalue weighted by molar-refractivity contribution is 7.92. The van der Waals surface area contributed by atoms with Crippen LogP contribution in [0.2, 0.25) is 10.0 Å². The first kappa shape index (κ1) is 22.9. The second-order valence-corrected chi connectivity index (χ2v) is 11.5. The second kappa shape index (κ2) is 8.05. The van der Waals surface area contributed by atoms with E-state index in [9.17, 15) is 27.0 Å². The SMILES string of the molecule is N#Cc1ccc(S(=O)(=O)N2C[C@H](S(=O)(=O)c3ccc(Cl)cn3)[C@@](O)(CO)C2)c(Cl)c1. The Labute approximate surface area is 183 Å². The fourth-order valence-corrected chi connectivity index (χ4v) is 7.24. The third kappa shape index (κ3) is 3.92. The van der Waals surface area contributed by atoms with Crippen molar-refractivity contribution in [2.45, 2.75) is 20.8 Å². The molecule has 1 saturated heterocycles. The van der Waals surface area contributed by atoms with E-state index >= 15 is 0 Å². The first-order valence-corrected chi connectivity index (χ1v) is 12.1. The Morgan fingerprint density at radius 2 is 1.93 bits per heavy atom. The van der Waals surface area contributed by atoms with E-state index in [0.717, 1.165) is 28.7 Å². The van der Waals surface area contributed by atoms with Crippen LogP contribution in [0.15, 0.2) is 46.5 Å². The molecule has 0 unspecified atom stereocenters. The van der Waals surface area contributed by atoms with Crippen LogP contribution >= 0.6 is 23.2 Å². The van der Waals surface area contributed by atoms with Crippen molar-refractivity contribution in [3.05, 3.63) is 52.1 Å². The van der Waals surface area contributed by atoms with Gasteiger partial charge in [-0.25, -0.2) is 21.8 Å². The Bertz CT molecular complexity index is 1230. The number of nitriles is 1. The van der Waals surface area contributed by atoms with Crippen LogP contribution in [-0.2, 0) is 19.9 Å². The van der Waals surface area contributed by atoms with Crippen LogP contribution in [0.5, 0.6) is 0 Å². The van der Waals surface area contributed by atoms with Gasteiger partial charge in [-0.2, -0.15) is 9.57 Å². The molecule has 2 aromatic rings. The van der Waals surface area contributed by atoms with E-state index in [0.29, 0.717) is 0 Å². The summed E-state index contributed by atoms with van der Waals surface area (Å²) in [7, 11) is -8.68. The second-order valence-electron chi connectivity index (χ2n) is 6.66. The van der Waals surface area contributed by atoms with E-state index in [1.54, 1.807) is 0 Å². The van der Waals surface area contributed by atoms with Crippen molar-refractivity contribution in [3.63, 3.8) is 0 Å². The Hall–Kier alpha value is -1.78. The number of hydrogen-bond acceptors (Lipinski definition) is 8. The van der Waals surface area contributed by atoms with Gasteiger partial charge in [-0.1, -0.05) is 23.2 Å². The third-order valence-electron chi connectivity index (χ3n) is 4.74. The maximum absolute atomic E-state index is 13.1. The van der Waals surface area contributed by atoms with Gasteiger partial charge in [-0.3, -0.25) is 0 Å². The number of benzene rings is 1. The third-order valence-corrected chi connectivity index (χ3v) is 9.42. The van der Waals surface area contributed by atoms with Crippen molar-refractivity contribution < 1.29 is 27.0 Å². The van der Waals surface area contributed by atoms with Gasteiger partial charge in [0.2, 0.25) is 19.9 Å². The molecule has 9 nitrogen and oxygen atoms in total. The van der Waals surface area contributed by atoms with Crippen LogP contribution in [0, 0.1) is 11.3 Å². The molecule has 1 aliphatic rings. The summed E-state index contributed by atoms with van der Waals surface area (Å²) >= 11 is 11.7. The number of sulfone groups is 1. The smallest absolute Gasteiger partial charge is 0.244 e. The summed E-state index contributed by atoms with van der Waals surface area (Å²) in [6, 6.07) is 7.78. The molecule has 2 heterocycles. The number of hydrogen-bond donors (Lipinski definition) is 2. The van der Waals surface area contributed by atoms with Gasteiger partial charge in [0.25, 0.3) is 0 Å². The molecular weight excluding hydrogens is 477 g/mol. The standard InChI is InChI=1S/C17H15Cl2N3O6S2/c18-12-2-4-16(21-7-12)29(25,26)15-8-22(9-17(15,24)10-23)30(27,28)14-3-1-11(6-20)5-13(14)19/h1-5,7,15,23-24H,8-10H2/t15-,17-/m0/s1. The molecule has 30 heavy (non-hydrogen) atoms. The summed E-state index contributed by atoms with van der Waals surface area (Å²) in [5, 5.41) is 27.2. The summed E-state index contributed by atoms with van der Waals surface area (Å²) < 4.78 is 52.9. The minimum Gasteiger partial charge on any atom is -0.393 e. The maximum Gasteiger partial charge on any atom is 0.244 e. The lowest BCUT2D eigenvalue weighted by Crippen LogP contribution is -2.49. The number of sulfonamides is 1. The molecule has 0 amide bonds. The summed E-state index contributed by atoms with van der Waals surface area (Å²) in [5.41, 5.74) is -2.13. The molecule has 3 rings (SSSR count). The number of halogens is 2. The van der Waals surface area contributed by atoms with Gasteiger partial charge in [0.15, 0.2) is 5.03 Å². The molecule has 160 valence electrons. The quantitative estimate of drug-likeness (QED) is 0.624. The van der Waals surface area contributed by atoms with Gasteiger partial charge in [0, 0.05) is 19.3 Å². The minimum absolute atomic E-state index is 0.140. The highest BCUT2D eigenvalue weighted by Gasteiger charge is 2.55. The van der Waals surface area contributed by atoms with Gasteiger partial charge in [-0.15, -0.1) is 0 Å². The molecule has 2 N–H and O–H groups in total. The number of nitrogens with zero attached hydrogens (tertiary/aromatic N) is 3. The van der Waals surface area contributed by atoms with Crippen molar-refractivity contribution in [1.29, 1.82) is 5.26 Å². The van der Waals surface area contributed by atoms with Gasteiger partial charge in [0.05, 0.1) is 28.3 Å². The van der Waals surface area contributed by atoms with Crippen molar-refractivity contribution >= 4 is 43.1 Å². The highest BCUT2D eigenvalue weighted by atomic mass is 35.5. The molecule has 0 radical (unpaired) electrons. The Morgan fingerprint density at radius 3 is 2.47 bits per heavy atom. The van der Waals surface area contributed by atoms with E-state index in [2.05, 4.69) is 4.98 Å². The normalized spacial score (nSPS) is 22.7. The van der Waals surface area contributed by atoms with Crippen LogP contribution in [-0.4, -0.2) is 66.9 Å². The predicted octanol–water partition coefficient (Wildman–Crippen LogP) is 0.830. The van der Waals surface area contributed by atoms with Crippen LogP contribution in [0.3, 0.4) is 0 Å². The molecule has 1 fully saturated rings. The van der Waals surface area contributed by atoms with Crippen molar-refractivity contribution in [3.8, 4) is 6.07 Å². The number of aliphatic hydroxyl groups is 2. The lowest BCUT2D eigenvalue weighted by atomic mass is 10.1. The minimum atomic E-state index is -4.34. The van der Waals surface area contributed by atoms with Crippen LogP contribution in [0.1, 0.15) is 5.56 Å². The van der Waals surface area contributed by atoms with Crippen LogP contribution in [0.25, 0.3) is 0 Å². The molecule has 1 aromatic carbocycles. The average molecular weight is 492 g/mol. The Kier molecular flexibility index (Phi) is 6.14. The molecule has 1 aromatic heterocycles. The van der Waals surface area contributed by atoms with Crippen LogP contribution < -0.4 is 0 Å². The highest BCUT2D eigenvalue weighted by Crippen LogP contribution is 2.35. The van der Waals surface area contributed by atoms with Crippen molar-refractivity contribution in [1.82, 2.24) is 9.29 Å². The zero-order chi connectivity index (χ0) is 22.3. The van der Waals surface area contributed by atoms with E-state index in [1.165, 1.54) is 12.1 Å². The first-order valence-electron chi connectivity index (χ1n) is 8.34. The summed E-state index contributed by atoms with van der Waals surface area (Å²) in [5.74, 6) is 0. The van der Waals surface area contributed by atoms with Crippen molar-refractivity contribution in [2.75, 3.05) is 19.7 Å². The van der Waals surface area contributed by atoms with Gasteiger partial charge in [-0.05, 0) is 30.3 Å². The lowest BCUT2D eigenvalue weighted by molar-refractivity contribution is 0.00156. The van der Waals surface area contributed by atoms with Gasteiger partial charge < -0.3 is 10.2 Å². The van der Waals surface area contributed by atoms with Gasteiger partial charge >= 0.3 is 0 Å². The average Bonchev–Trinajstić information content (AvgIpc) is 3.08. The van der Waals surface area contributed by atoms with E-state index in [4.69, 9.17) is 28.5 Å². The molecule has 1 aliphatic heterocycles. The molecule has 13 heteroatoms. The van der Waals surface area contributed by atoms with Crippen molar-refractivity contribution in [2.24, 2.45) is 0 Å². The molecule has 0 saturated carbocycles.